The summed E-state index contributed by atoms with van der Waals surface area (Å²) >= 11 is 0. The van der Waals surface area contributed by atoms with Crippen LogP contribution in [0.15, 0.2) is 23.8 Å². The van der Waals surface area contributed by atoms with Crippen LogP contribution < -0.4 is 9.16 Å². The highest BCUT2D eigenvalue weighted by Crippen LogP contribution is 2.46. The van der Waals surface area contributed by atoms with Crippen LogP contribution in [0.5, 0.6) is 11.5 Å². The van der Waals surface area contributed by atoms with Gasteiger partial charge in [-0.3, -0.25) is 14.9 Å². The fourth-order valence-corrected chi connectivity index (χ4v) is 12.0. The number of rotatable bonds is 11. The first-order chi connectivity index (χ1) is 18.3. The second kappa shape index (κ2) is 12.8. The molecule has 1 aromatic carbocycles. The minimum atomic E-state index is -2.43. The number of ether oxygens (including phenoxy) is 1. The van der Waals surface area contributed by atoms with E-state index >= 15 is 0 Å². The lowest BCUT2D eigenvalue weighted by molar-refractivity contribution is -0.385. The van der Waals surface area contributed by atoms with Crippen LogP contribution in [-0.4, -0.2) is 58.7 Å². The molecule has 0 bridgehead atoms. The van der Waals surface area contributed by atoms with Crippen LogP contribution in [0.25, 0.3) is 0 Å². The van der Waals surface area contributed by atoms with E-state index < -0.39 is 27.5 Å². The molecule has 1 atom stereocenters. The standard InChI is InChI=1S/C30H52N2O6Si2/c1-14-23-15-24(19-37-39(12,13)30(8,9)10)31(18-23)29(33)25-16-27(36-11)28(17-26(25)32(34)35)38-40(20(2)3,21(4)5)22(6)7/h14,16-17,20-22,24H,15,18-19H2,1-13H3/b23-14+/t24-/m0/s1. The number of hydrogen-bond donors (Lipinski definition) is 0. The molecule has 1 fully saturated rings. The quantitative estimate of drug-likeness (QED) is 0.111. The molecule has 1 amide bonds. The molecule has 1 aliphatic rings. The predicted molar refractivity (Wildman–Crippen MR) is 168 cm³/mol. The summed E-state index contributed by atoms with van der Waals surface area (Å²) in [6, 6.07) is 2.70. The summed E-state index contributed by atoms with van der Waals surface area (Å²) < 4.78 is 19.0. The number of likely N-dealkylation sites (tertiary alicyclic amines) is 1. The fraction of sp³-hybridized carbons (Fsp3) is 0.700. The summed E-state index contributed by atoms with van der Waals surface area (Å²) in [4.78, 5) is 27.6. The number of methoxy groups -OCH3 is 1. The average Bonchev–Trinajstić information content (AvgIpc) is 3.27. The smallest absolute Gasteiger partial charge is 0.286 e. The zero-order valence-electron chi connectivity index (χ0n) is 27.0. The Bertz CT molecular complexity index is 1090. The Hall–Kier alpha value is -2.18. The van der Waals surface area contributed by atoms with E-state index in [9.17, 15) is 14.9 Å². The molecule has 10 heteroatoms. The molecule has 1 heterocycles. The second-order valence-corrected chi connectivity index (χ2v) is 23.7. The molecule has 40 heavy (non-hydrogen) atoms. The SMILES string of the molecule is C/C=C1\C[C@@H](CO[Si](C)(C)C(C)(C)C)N(C(=O)c2cc(OC)c(O[Si](C(C)C)(C(C)C)C(C)C)cc2[N+](=O)[O-])C1. The van der Waals surface area contributed by atoms with Gasteiger partial charge in [0.15, 0.2) is 19.8 Å². The van der Waals surface area contributed by atoms with E-state index in [0.29, 0.717) is 31.1 Å². The number of carbonyl (C=O) groups excluding carboxylic acids is 1. The van der Waals surface area contributed by atoms with Gasteiger partial charge < -0.3 is 18.5 Å². The van der Waals surface area contributed by atoms with Crippen LogP contribution in [0.2, 0.25) is 34.8 Å². The number of amides is 1. The van der Waals surface area contributed by atoms with Gasteiger partial charge in [0.1, 0.15) is 5.56 Å². The first-order valence-corrected chi connectivity index (χ1v) is 19.5. The van der Waals surface area contributed by atoms with Gasteiger partial charge in [0.05, 0.1) is 30.7 Å². The Morgan fingerprint density at radius 1 is 1.10 bits per heavy atom. The van der Waals surface area contributed by atoms with Crippen molar-refractivity contribution in [1.29, 1.82) is 0 Å². The third-order valence-corrected chi connectivity index (χ3v) is 19.6. The number of benzene rings is 1. The monoisotopic (exact) mass is 592 g/mol. The van der Waals surface area contributed by atoms with Gasteiger partial charge in [0, 0.05) is 12.6 Å². The molecular formula is C30H52N2O6Si2. The lowest BCUT2D eigenvalue weighted by Crippen LogP contribution is -2.50. The molecule has 0 unspecified atom stereocenters. The van der Waals surface area contributed by atoms with Crippen LogP contribution >= 0.6 is 0 Å². The number of nitro groups is 1. The second-order valence-electron chi connectivity index (χ2n) is 13.5. The molecule has 2 rings (SSSR count). The maximum absolute atomic E-state index is 14.0. The molecule has 0 radical (unpaired) electrons. The Kier molecular flexibility index (Phi) is 10.9. The average molecular weight is 593 g/mol. The van der Waals surface area contributed by atoms with Gasteiger partial charge in [0.25, 0.3) is 19.9 Å². The Morgan fingerprint density at radius 2 is 1.65 bits per heavy atom. The number of nitrogens with zero attached hydrogens (tertiary/aromatic N) is 2. The minimum absolute atomic E-state index is 0.00906. The third kappa shape index (κ3) is 6.82. The zero-order valence-corrected chi connectivity index (χ0v) is 29.0. The third-order valence-electron chi connectivity index (χ3n) is 9.13. The summed E-state index contributed by atoms with van der Waals surface area (Å²) in [5.74, 6) is 0.284. The molecule has 226 valence electrons. The topological polar surface area (TPSA) is 91.1 Å². The Balaban J connectivity index is 2.57. The summed E-state index contributed by atoms with van der Waals surface area (Å²) in [7, 11) is -2.97. The maximum atomic E-state index is 14.0. The lowest BCUT2D eigenvalue weighted by Gasteiger charge is -2.42. The molecule has 0 aliphatic carbocycles. The van der Waals surface area contributed by atoms with E-state index in [2.05, 4.69) is 75.4 Å². The number of nitro benzene ring substituents is 1. The number of allylic oxidation sites excluding steroid dienone is 1. The minimum Gasteiger partial charge on any atom is -0.540 e. The number of carbonyl (C=O) groups is 1. The van der Waals surface area contributed by atoms with Crippen LogP contribution in [0.1, 0.15) is 86.0 Å². The zero-order chi connectivity index (χ0) is 30.8. The fourth-order valence-electron chi connectivity index (χ4n) is 5.75. The van der Waals surface area contributed by atoms with Crippen molar-refractivity contribution in [2.75, 3.05) is 20.3 Å². The van der Waals surface area contributed by atoms with Crippen LogP contribution in [0.4, 0.5) is 5.69 Å². The van der Waals surface area contributed by atoms with Crippen molar-refractivity contribution in [3.05, 3.63) is 39.5 Å². The summed E-state index contributed by atoms with van der Waals surface area (Å²) in [5.41, 5.74) is 1.66. The predicted octanol–water partition coefficient (Wildman–Crippen LogP) is 8.34. The van der Waals surface area contributed by atoms with Crippen molar-refractivity contribution < 1.29 is 23.3 Å². The molecule has 1 aromatic rings. The molecular weight excluding hydrogens is 541 g/mol. The van der Waals surface area contributed by atoms with Gasteiger partial charge in [-0.05, 0) is 48.1 Å². The molecule has 1 saturated heterocycles. The summed E-state index contributed by atoms with van der Waals surface area (Å²) in [5, 5.41) is 12.4. The van der Waals surface area contributed by atoms with E-state index in [0.717, 1.165) is 5.57 Å². The molecule has 0 saturated carbocycles. The summed E-state index contributed by atoms with van der Waals surface area (Å²) in [6.45, 7) is 26.6. The molecule has 1 aliphatic heterocycles. The Morgan fingerprint density at radius 3 is 2.08 bits per heavy atom. The van der Waals surface area contributed by atoms with Gasteiger partial charge in [0.2, 0.25) is 0 Å². The van der Waals surface area contributed by atoms with Crippen molar-refractivity contribution in [2.24, 2.45) is 0 Å². The highest BCUT2D eigenvalue weighted by Gasteiger charge is 2.48. The van der Waals surface area contributed by atoms with E-state index in [4.69, 9.17) is 13.6 Å². The van der Waals surface area contributed by atoms with E-state index in [1.165, 1.54) is 19.2 Å². The van der Waals surface area contributed by atoms with E-state index in [1.807, 2.05) is 13.0 Å². The van der Waals surface area contributed by atoms with Crippen molar-refractivity contribution >= 4 is 28.2 Å². The van der Waals surface area contributed by atoms with Crippen LogP contribution in [0.3, 0.4) is 0 Å². The van der Waals surface area contributed by atoms with Crippen molar-refractivity contribution in [1.82, 2.24) is 4.90 Å². The van der Waals surface area contributed by atoms with Crippen molar-refractivity contribution in [2.45, 2.75) is 116 Å². The van der Waals surface area contributed by atoms with Crippen molar-refractivity contribution in [3.63, 3.8) is 0 Å². The van der Waals surface area contributed by atoms with Gasteiger partial charge in [-0.2, -0.15) is 0 Å². The molecule has 8 nitrogen and oxygen atoms in total. The van der Waals surface area contributed by atoms with Crippen molar-refractivity contribution in [3.8, 4) is 11.5 Å². The molecule has 0 N–H and O–H groups in total. The summed E-state index contributed by atoms with van der Waals surface area (Å²) in [6.07, 6.45) is 2.71. The highest BCUT2D eigenvalue weighted by molar-refractivity contribution is 6.78. The molecule has 0 aromatic heterocycles. The first-order valence-electron chi connectivity index (χ1n) is 14.5. The highest BCUT2D eigenvalue weighted by atomic mass is 28.4. The number of hydrogen-bond acceptors (Lipinski definition) is 6. The van der Waals surface area contributed by atoms with Gasteiger partial charge in [-0.15, -0.1) is 0 Å². The largest absolute Gasteiger partial charge is 0.540 e. The Labute approximate surface area is 243 Å². The maximum Gasteiger partial charge on any atom is 0.286 e. The van der Waals surface area contributed by atoms with E-state index in [-0.39, 0.29) is 39.0 Å². The lowest BCUT2D eigenvalue weighted by atomic mass is 10.1. The van der Waals surface area contributed by atoms with Crippen LogP contribution in [-0.2, 0) is 4.43 Å². The van der Waals surface area contributed by atoms with Crippen LogP contribution in [0, 0.1) is 10.1 Å². The molecule has 0 spiro atoms. The van der Waals surface area contributed by atoms with Gasteiger partial charge >= 0.3 is 0 Å². The van der Waals surface area contributed by atoms with Gasteiger partial charge in [-0.25, -0.2) is 0 Å². The first kappa shape index (κ1) is 34.0. The van der Waals surface area contributed by atoms with Gasteiger partial charge in [-0.1, -0.05) is 74.0 Å². The normalized spacial score (nSPS) is 17.9. The van der Waals surface area contributed by atoms with E-state index in [1.54, 1.807) is 4.90 Å².